The summed E-state index contributed by atoms with van der Waals surface area (Å²) in [6, 6.07) is 24.2. The van der Waals surface area contributed by atoms with E-state index < -0.39 is 11.7 Å². The van der Waals surface area contributed by atoms with Crippen molar-refractivity contribution in [3.05, 3.63) is 120 Å². The van der Waals surface area contributed by atoms with Crippen LogP contribution < -0.4 is 15.0 Å². The highest BCUT2D eigenvalue weighted by Gasteiger charge is 2.38. The second-order valence-corrected chi connectivity index (χ2v) is 9.53. The summed E-state index contributed by atoms with van der Waals surface area (Å²) < 4.78 is 49.0. The average molecular weight is 532 g/mol. The van der Waals surface area contributed by atoms with Gasteiger partial charge in [-0.15, -0.1) is 0 Å². The number of alkyl halides is 3. The molecule has 1 unspecified atom stereocenters. The summed E-state index contributed by atoms with van der Waals surface area (Å²) in [4.78, 5) is 14.8. The van der Waals surface area contributed by atoms with Crippen LogP contribution in [0.2, 0.25) is 0 Å². The molecular formula is C31H28F3N3O2. The van der Waals surface area contributed by atoms with E-state index in [-0.39, 0.29) is 17.6 Å². The van der Waals surface area contributed by atoms with Crippen LogP contribution in [-0.4, -0.2) is 16.5 Å². The van der Waals surface area contributed by atoms with E-state index in [2.05, 4.69) is 5.32 Å². The quantitative estimate of drug-likeness (QED) is 0.267. The minimum absolute atomic E-state index is 0.0500. The first kappa shape index (κ1) is 26.2. The van der Waals surface area contributed by atoms with Gasteiger partial charge < -0.3 is 19.5 Å². The lowest BCUT2D eigenvalue weighted by molar-refractivity contribution is -0.137. The zero-order valence-electron chi connectivity index (χ0n) is 21.6. The summed E-state index contributed by atoms with van der Waals surface area (Å²) in [7, 11) is 0. The van der Waals surface area contributed by atoms with E-state index in [9.17, 15) is 18.0 Å². The lowest BCUT2D eigenvalue weighted by Gasteiger charge is -2.28. The van der Waals surface area contributed by atoms with Gasteiger partial charge in [-0.2, -0.15) is 13.2 Å². The molecule has 39 heavy (non-hydrogen) atoms. The first-order valence-electron chi connectivity index (χ1n) is 12.6. The summed E-state index contributed by atoms with van der Waals surface area (Å²) in [5.74, 6) is 0.244. The third-order valence-corrected chi connectivity index (χ3v) is 6.79. The number of para-hydroxylation sites is 1. The fourth-order valence-electron chi connectivity index (χ4n) is 4.96. The number of allylic oxidation sites excluding steroid dienone is 1. The van der Waals surface area contributed by atoms with Gasteiger partial charge in [-0.25, -0.2) is 0 Å². The largest absolute Gasteiger partial charge is 0.489 e. The first-order valence-corrected chi connectivity index (χ1v) is 12.6. The van der Waals surface area contributed by atoms with E-state index >= 15 is 0 Å². The van der Waals surface area contributed by atoms with E-state index in [0.717, 1.165) is 17.3 Å². The highest BCUT2D eigenvalue weighted by molar-refractivity contribution is 6.05. The molecule has 1 aliphatic rings. The van der Waals surface area contributed by atoms with Gasteiger partial charge >= 0.3 is 6.18 Å². The van der Waals surface area contributed by atoms with Crippen molar-refractivity contribution in [2.24, 2.45) is 0 Å². The van der Waals surface area contributed by atoms with Crippen LogP contribution in [0.4, 0.5) is 24.5 Å². The lowest BCUT2D eigenvalue weighted by Crippen LogP contribution is -2.28. The SMILES string of the molecule is CC1=C(C(=O)Nc2cccc(OCc3cccc(-n4cccc4)c3)c2)CC(C)N1c1ccccc1C(F)(F)F. The van der Waals surface area contributed by atoms with Gasteiger partial charge in [-0.1, -0.05) is 30.3 Å². The Hall–Kier alpha value is -4.46. The molecule has 1 aromatic heterocycles. The van der Waals surface area contributed by atoms with Crippen molar-refractivity contribution in [3.8, 4) is 11.4 Å². The van der Waals surface area contributed by atoms with E-state index in [1.807, 2.05) is 66.3 Å². The molecule has 1 N–H and O–H groups in total. The third-order valence-electron chi connectivity index (χ3n) is 6.79. The standard InChI is InChI=1S/C31H28F3N3O2/c1-21-17-27(22(2)37(21)29-14-4-3-13-28(29)31(32,33)34)30(38)35-24-10-8-12-26(19-24)39-20-23-9-7-11-25(18-23)36-15-5-6-16-36/h3-16,18-19,21H,17,20H2,1-2H3,(H,35,38). The zero-order chi connectivity index (χ0) is 27.6. The number of ether oxygens (including phenoxy) is 1. The molecule has 5 rings (SSSR count). The molecule has 0 saturated heterocycles. The van der Waals surface area contributed by atoms with E-state index in [1.54, 1.807) is 36.1 Å². The van der Waals surface area contributed by atoms with Gasteiger partial charge in [0.05, 0.1) is 11.3 Å². The summed E-state index contributed by atoms with van der Waals surface area (Å²) in [5, 5.41) is 2.89. The molecule has 200 valence electrons. The number of nitrogens with zero attached hydrogens (tertiary/aromatic N) is 2. The number of hydrogen-bond donors (Lipinski definition) is 1. The predicted molar refractivity (Wildman–Crippen MR) is 146 cm³/mol. The van der Waals surface area contributed by atoms with Crippen molar-refractivity contribution < 1.29 is 22.7 Å². The molecule has 8 heteroatoms. The van der Waals surface area contributed by atoms with Crippen LogP contribution in [0.3, 0.4) is 0 Å². The summed E-state index contributed by atoms with van der Waals surface area (Å²) >= 11 is 0. The van der Waals surface area contributed by atoms with Gasteiger partial charge in [0.15, 0.2) is 0 Å². The Morgan fingerprint density at radius 2 is 1.72 bits per heavy atom. The van der Waals surface area contributed by atoms with Crippen LogP contribution in [0.1, 0.15) is 31.4 Å². The minimum Gasteiger partial charge on any atom is -0.489 e. The highest BCUT2D eigenvalue weighted by Crippen LogP contribution is 2.42. The van der Waals surface area contributed by atoms with Crippen LogP contribution in [0.25, 0.3) is 5.69 Å². The Morgan fingerprint density at radius 3 is 2.49 bits per heavy atom. The molecule has 5 nitrogen and oxygen atoms in total. The van der Waals surface area contributed by atoms with Gasteiger partial charge in [0.25, 0.3) is 5.91 Å². The number of aromatic nitrogens is 1. The molecule has 0 spiro atoms. The predicted octanol–water partition coefficient (Wildman–Crippen LogP) is 7.59. The molecule has 0 aliphatic carbocycles. The van der Waals surface area contributed by atoms with E-state index in [4.69, 9.17) is 4.74 Å². The molecule has 0 radical (unpaired) electrons. The van der Waals surface area contributed by atoms with Crippen LogP contribution in [0, 0.1) is 0 Å². The number of halogens is 3. The number of carbonyl (C=O) groups is 1. The van der Waals surface area contributed by atoms with Crippen LogP contribution in [-0.2, 0) is 17.6 Å². The maximum Gasteiger partial charge on any atom is 0.418 e. The van der Waals surface area contributed by atoms with Crippen molar-refractivity contribution in [1.29, 1.82) is 0 Å². The Balaban J connectivity index is 1.29. The van der Waals surface area contributed by atoms with Crippen LogP contribution in [0.5, 0.6) is 5.75 Å². The molecule has 3 aromatic carbocycles. The molecule has 1 aliphatic heterocycles. The summed E-state index contributed by atoms with van der Waals surface area (Å²) in [6.45, 7) is 3.85. The average Bonchev–Trinajstić information content (AvgIpc) is 3.55. The third kappa shape index (κ3) is 5.70. The Morgan fingerprint density at radius 1 is 0.974 bits per heavy atom. The Labute approximate surface area is 225 Å². The topological polar surface area (TPSA) is 46.5 Å². The van der Waals surface area contributed by atoms with Gasteiger partial charge in [0, 0.05) is 53.6 Å². The lowest BCUT2D eigenvalue weighted by atomic mass is 10.1. The maximum atomic E-state index is 13.7. The Kier molecular flexibility index (Phi) is 7.19. The van der Waals surface area contributed by atoms with Gasteiger partial charge in [0.2, 0.25) is 0 Å². The fourth-order valence-corrected chi connectivity index (χ4v) is 4.96. The molecule has 0 fully saturated rings. The molecule has 4 aromatic rings. The van der Waals surface area contributed by atoms with Gasteiger partial charge in [-0.3, -0.25) is 4.79 Å². The maximum absolute atomic E-state index is 13.7. The van der Waals surface area contributed by atoms with Crippen molar-refractivity contribution >= 4 is 17.3 Å². The fraction of sp³-hybridized carbons (Fsp3) is 0.194. The van der Waals surface area contributed by atoms with E-state index in [1.165, 1.54) is 12.1 Å². The smallest absolute Gasteiger partial charge is 0.418 e. The van der Waals surface area contributed by atoms with E-state index in [0.29, 0.717) is 35.7 Å². The van der Waals surface area contributed by atoms with Crippen molar-refractivity contribution in [1.82, 2.24) is 4.57 Å². The number of nitrogens with one attached hydrogen (secondary N) is 1. The molecule has 0 saturated carbocycles. The van der Waals surface area contributed by atoms with Crippen molar-refractivity contribution in [2.75, 3.05) is 10.2 Å². The monoisotopic (exact) mass is 531 g/mol. The summed E-state index contributed by atoms with van der Waals surface area (Å²) in [5.41, 5.74) is 2.86. The number of amides is 1. The minimum atomic E-state index is -4.49. The molecule has 1 atom stereocenters. The second-order valence-electron chi connectivity index (χ2n) is 9.53. The normalized spacial score (nSPS) is 15.5. The van der Waals surface area contributed by atoms with Crippen LogP contribution >= 0.6 is 0 Å². The summed E-state index contributed by atoms with van der Waals surface area (Å²) in [6.07, 6.45) is -0.214. The molecule has 2 heterocycles. The zero-order valence-corrected chi connectivity index (χ0v) is 21.6. The Bertz CT molecular complexity index is 1510. The number of anilines is 2. The van der Waals surface area contributed by atoms with Crippen LogP contribution in [0.15, 0.2) is 109 Å². The number of benzene rings is 3. The first-order chi connectivity index (χ1) is 18.7. The molecule has 0 bridgehead atoms. The van der Waals surface area contributed by atoms with Crippen molar-refractivity contribution in [2.45, 2.75) is 39.1 Å². The molecule has 1 amide bonds. The highest BCUT2D eigenvalue weighted by atomic mass is 19.4. The number of rotatable bonds is 7. The number of hydrogen-bond acceptors (Lipinski definition) is 3. The second kappa shape index (κ2) is 10.7. The van der Waals surface area contributed by atoms with Gasteiger partial charge in [-0.05, 0) is 67.9 Å². The molecular weight excluding hydrogens is 503 g/mol. The van der Waals surface area contributed by atoms with Gasteiger partial charge in [0.1, 0.15) is 12.4 Å². The number of carbonyl (C=O) groups excluding carboxylic acids is 1. The van der Waals surface area contributed by atoms with Crippen molar-refractivity contribution in [3.63, 3.8) is 0 Å².